The van der Waals surface area contributed by atoms with E-state index in [0.29, 0.717) is 12.8 Å². The van der Waals surface area contributed by atoms with Crippen molar-refractivity contribution in [3.05, 3.63) is 71.8 Å². The van der Waals surface area contributed by atoms with Crippen LogP contribution in [0.3, 0.4) is 0 Å². The van der Waals surface area contributed by atoms with Gasteiger partial charge in [0, 0.05) is 0 Å². The van der Waals surface area contributed by atoms with Gasteiger partial charge in [0.25, 0.3) is 5.91 Å². The molecule has 1 amide bonds. The second-order valence-electron chi connectivity index (χ2n) is 9.35. The van der Waals surface area contributed by atoms with Crippen LogP contribution >= 0.6 is 0 Å². The lowest BCUT2D eigenvalue weighted by Gasteiger charge is -2.26. The molecular weight excluding hydrogens is 458 g/mol. The zero-order chi connectivity index (χ0) is 26.6. The predicted molar refractivity (Wildman–Crippen MR) is 139 cm³/mol. The normalized spacial score (nSPS) is 13.1. The van der Waals surface area contributed by atoms with Crippen molar-refractivity contribution >= 4 is 24.1 Å². The fraction of sp³-hybridized carbons (Fsp3) is 0.429. The van der Waals surface area contributed by atoms with Crippen molar-refractivity contribution in [2.75, 3.05) is 13.2 Å². The van der Waals surface area contributed by atoms with E-state index < -0.39 is 35.5 Å². The van der Waals surface area contributed by atoms with Crippen LogP contribution in [0.1, 0.15) is 52.2 Å². The summed E-state index contributed by atoms with van der Waals surface area (Å²) < 4.78 is 10.6. The van der Waals surface area contributed by atoms with Crippen LogP contribution in [0.5, 0.6) is 0 Å². The van der Waals surface area contributed by atoms with E-state index in [9.17, 15) is 14.4 Å². The summed E-state index contributed by atoms with van der Waals surface area (Å²) in [5.74, 6) is -1.49. The second kappa shape index (κ2) is 14.1. The standard InChI is InChI=1S/C28H37N3O5/c1-6-35-27(34)24(18-17-22-13-9-7-10-14-22)30-21(2)26(33)31(20-25(32)36-28(3,4)5)29-19-23-15-11-8-12-16-23/h7-16,19,21,24,30H,6,17-18,20H2,1-5H3/t21-,24-/m0/s1. The largest absolute Gasteiger partial charge is 0.465 e. The Bertz CT molecular complexity index is 1000. The molecule has 36 heavy (non-hydrogen) atoms. The van der Waals surface area contributed by atoms with E-state index in [0.717, 1.165) is 16.1 Å². The van der Waals surface area contributed by atoms with Crippen molar-refractivity contribution in [3.63, 3.8) is 0 Å². The molecule has 8 nitrogen and oxygen atoms in total. The van der Waals surface area contributed by atoms with E-state index in [1.165, 1.54) is 6.21 Å². The molecule has 0 radical (unpaired) electrons. The smallest absolute Gasteiger partial charge is 0.328 e. The molecule has 1 N–H and O–H groups in total. The third kappa shape index (κ3) is 10.4. The topological polar surface area (TPSA) is 97.3 Å². The van der Waals surface area contributed by atoms with Crippen LogP contribution in [0.2, 0.25) is 0 Å². The first-order valence-corrected chi connectivity index (χ1v) is 12.2. The number of hydrazone groups is 1. The van der Waals surface area contributed by atoms with Gasteiger partial charge in [-0.05, 0) is 58.6 Å². The van der Waals surface area contributed by atoms with E-state index in [4.69, 9.17) is 9.47 Å². The number of esters is 2. The summed E-state index contributed by atoms with van der Waals surface area (Å²) in [4.78, 5) is 38.5. The molecule has 0 aromatic heterocycles. The van der Waals surface area contributed by atoms with Crippen LogP contribution in [0, 0.1) is 0 Å². The molecule has 0 fully saturated rings. The highest BCUT2D eigenvalue weighted by atomic mass is 16.6. The maximum absolute atomic E-state index is 13.3. The zero-order valence-corrected chi connectivity index (χ0v) is 21.8. The Morgan fingerprint density at radius 2 is 1.64 bits per heavy atom. The van der Waals surface area contributed by atoms with Gasteiger partial charge >= 0.3 is 11.9 Å². The molecule has 0 bridgehead atoms. The van der Waals surface area contributed by atoms with Crippen LogP contribution in [0.15, 0.2) is 65.8 Å². The van der Waals surface area contributed by atoms with Crippen molar-refractivity contribution in [1.29, 1.82) is 0 Å². The van der Waals surface area contributed by atoms with Gasteiger partial charge in [-0.1, -0.05) is 60.7 Å². The van der Waals surface area contributed by atoms with Gasteiger partial charge in [0.05, 0.1) is 18.9 Å². The fourth-order valence-corrected chi connectivity index (χ4v) is 3.41. The number of amides is 1. The molecule has 8 heteroatoms. The van der Waals surface area contributed by atoms with Crippen molar-refractivity contribution in [2.24, 2.45) is 5.10 Å². The number of ether oxygens (including phenoxy) is 2. The number of aryl methyl sites for hydroxylation is 1. The molecule has 2 aromatic rings. The second-order valence-corrected chi connectivity index (χ2v) is 9.35. The number of carbonyl (C=O) groups excluding carboxylic acids is 3. The highest BCUT2D eigenvalue weighted by Crippen LogP contribution is 2.11. The Hall–Kier alpha value is -3.52. The van der Waals surface area contributed by atoms with Gasteiger partial charge in [0.2, 0.25) is 0 Å². The Balaban J connectivity index is 2.17. The van der Waals surface area contributed by atoms with Crippen molar-refractivity contribution in [1.82, 2.24) is 10.3 Å². The zero-order valence-electron chi connectivity index (χ0n) is 21.8. The monoisotopic (exact) mass is 495 g/mol. The van der Waals surface area contributed by atoms with Crippen LogP contribution in [0.25, 0.3) is 0 Å². The van der Waals surface area contributed by atoms with Crippen LogP contribution < -0.4 is 5.32 Å². The Kier molecular flexibility index (Phi) is 11.3. The summed E-state index contributed by atoms with van der Waals surface area (Å²) in [5, 5.41) is 8.42. The summed E-state index contributed by atoms with van der Waals surface area (Å²) >= 11 is 0. The Morgan fingerprint density at radius 1 is 1.03 bits per heavy atom. The van der Waals surface area contributed by atoms with Crippen molar-refractivity contribution in [2.45, 2.75) is 65.1 Å². The summed E-state index contributed by atoms with van der Waals surface area (Å²) in [5.41, 5.74) is 1.14. The quantitative estimate of drug-likeness (QED) is 0.274. The van der Waals surface area contributed by atoms with Gasteiger partial charge in [0.1, 0.15) is 18.2 Å². The minimum atomic E-state index is -0.814. The molecule has 0 spiro atoms. The van der Waals surface area contributed by atoms with E-state index >= 15 is 0 Å². The highest BCUT2D eigenvalue weighted by Gasteiger charge is 2.29. The molecule has 2 aromatic carbocycles. The summed E-state index contributed by atoms with van der Waals surface area (Å²) in [7, 11) is 0. The first-order valence-electron chi connectivity index (χ1n) is 12.2. The van der Waals surface area contributed by atoms with Gasteiger partial charge in [-0.15, -0.1) is 0 Å². The van der Waals surface area contributed by atoms with Crippen LogP contribution in [-0.4, -0.2) is 59.9 Å². The van der Waals surface area contributed by atoms with Gasteiger partial charge in [-0.3, -0.25) is 19.7 Å². The molecule has 0 heterocycles. The van der Waals surface area contributed by atoms with Crippen molar-refractivity contribution in [3.8, 4) is 0 Å². The number of hydrogen-bond donors (Lipinski definition) is 1. The molecule has 0 saturated carbocycles. The SMILES string of the molecule is CCOC(=O)[C@H](CCc1ccccc1)N[C@@H](C)C(=O)N(CC(=O)OC(C)(C)C)N=Cc1ccccc1. The number of rotatable bonds is 12. The molecule has 0 aliphatic rings. The molecule has 0 aliphatic heterocycles. The number of carbonyl (C=O) groups is 3. The molecule has 2 rings (SSSR count). The lowest BCUT2D eigenvalue weighted by atomic mass is 10.0. The van der Waals surface area contributed by atoms with Crippen LogP contribution in [-0.2, 0) is 30.3 Å². The molecule has 0 unspecified atom stereocenters. The number of hydrogen-bond acceptors (Lipinski definition) is 7. The van der Waals surface area contributed by atoms with Gasteiger partial charge in [-0.2, -0.15) is 5.10 Å². The molecular formula is C28H37N3O5. The molecule has 194 valence electrons. The first kappa shape index (κ1) is 28.7. The average Bonchev–Trinajstić information content (AvgIpc) is 2.84. The first-order chi connectivity index (χ1) is 17.1. The molecule has 2 atom stereocenters. The average molecular weight is 496 g/mol. The maximum Gasteiger partial charge on any atom is 0.328 e. The highest BCUT2D eigenvalue weighted by molar-refractivity contribution is 5.88. The molecule has 0 saturated heterocycles. The van der Waals surface area contributed by atoms with E-state index in [-0.39, 0.29) is 13.2 Å². The summed E-state index contributed by atoms with van der Waals surface area (Å²) in [6.45, 7) is 8.51. The fourth-order valence-electron chi connectivity index (χ4n) is 3.41. The van der Waals surface area contributed by atoms with E-state index in [1.54, 1.807) is 34.6 Å². The third-order valence-electron chi connectivity index (χ3n) is 5.06. The van der Waals surface area contributed by atoms with Crippen LogP contribution in [0.4, 0.5) is 0 Å². The lowest BCUT2D eigenvalue weighted by molar-refractivity contribution is -0.159. The lowest BCUT2D eigenvalue weighted by Crippen LogP contribution is -2.51. The van der Waals surface area contributed by atoms with E-state index in [2.05, 4.69) is 10.4 Å². The van der Waals surface area contributed by atoms with Gasteiger partial charge in [-0.25, -0.2) is 5.01 Å². The summed E-state index contributed by atoms with van der Waals surface area (Å²) in [6, 6.07) is 17.5. The Labute approximate surface area is 213 Å². The van der Waals surface area contributed by atoms with Gasteiger partial charge < -0.3 is 9.47 Å². The third-order valence-corrected chi connectivity index (χ3v) is 5.06. The maximum atomic E-state index is 13.3. The number of nitrogens with zero attached hydrogens (tertiary/aromatic N) is 2. The number of nitrogens with one attached hydrogen (secondary N) is 1. The van der Waals surface area contributed by atoms with Crippen molar-refractivity contribution < 1.29 is 23.9 Å². The minimum absolute atomic E-state index is 0.233. The predicted octanol–water partition coefficient (Wildman–Crippen LogP) is 3.73. The number of benzene rings is 2. The molecule has 0 aliphatic carbocycles. The minimum Gasteiger partial charge on any atom is -0.465 e. The van der Waals surface area contributed by atoms with Gasteiger partial charge in [0.15, 0.2) is 0 Å². The Morgan fingerprint density at radius 3 is 2.22 bits per heavy atom. The summed E-state index contributed by atoms with van der Waals surface area (Å²) in [6.07, 6.45) is 2.58. The van der Waals surface area contributed by atoms with E-state index in [1.807, 2.05) is 60.7 Å².